The lowest BCUT2D eigenvalue weighted by molar-refractivity contribution is -0.136. The van der Waals surface area contributed by atoms with Crippen molar-refractivity contribution >= 4 is 46.1 Å². The summed E-state index contributed by atoms with van der Waals surface area (Å²) >= 11 is 0. The SMILES string of the molecule is NC=CC(=NCCCCCCNc1ccc2c(c1)C(=O)N(C1CCC(=O)NC1=O)C2=O)c1cnc2ccccc2n1. The first-order valence-electron chi connectivity index (χ1n) is 13.7. The van der Waals surface area contributed by atoms with Gasteiger partial charge in [-0.15, -0.1) is 0 Å². The lowest BCUT2D eigenvalue weighted by Gasteiger charge is -2.27. The van der Waals surface area contributed by atoms with Gasteiger partial charge in [-0.1, -0.05) is 25.0 Å². The molecule has 4 amide bonds. The first kappa shape index (κ1) is 27.6. The number of carbonyl (C=O) groups excluding carboxylic acids is 4. The fourth-order valence-corrected chi connectivity index (χ4v) is 4.99. The van der Waals surface area contributed by atoms with Crippen molar-refractivity contribution in [1.29, 1.82) is 0 Å². The number of fused-ring (bicyclic) bond motifs is 2. The third-order valence-corrected chi connectivity index (χ3v) is 7.10. The van der Waals surface area contributed by atoms with E-state index in [2.05, 4.69) is 25.6 Å². The Morgan fingerprint density at radius 2 is 1.80 bits per heavy atom. The lowest BCUT2D eigenvalue weighted by atomic mass is 10.0. The van der Waals surface area contributed by atoms with Crippen LogP contribution in [0.5, 0.6) is 0 Å². The number of piperidine rings is 1. The van der Waals surface area contributed by atoms with Gasteiger partial charge in [0.05, 0.1) is 34.1 Å². The summed E-state index contributed by atoms with van der Waals surface area (Å²) in [4.78, 5) is 64.3. The summed E-state index contributed by atoms with van der Waals surface area (Å²) in [6.07, 6.45) is 8.94. The average Bonchev–Trinajstić information content (AvgIpc) is 3.22. The van der Waals surface area contributed by atoms with Crippen LogP contribution in [0.4, 0.5) is 5.69 Å². The molecule has 210 valence electrons. The third-order valence-electron chi connectivity index (χ3n) is 7.10. The minimum Gasteiger partial charge on any atom is -0.405 e. The number of rotatable bonds is 11. The molecule has 11 heteroatoms. The fraction of sp³-hybridized carbons (Fsp3) is 0.300. The standard InChI is InChI=1S/C30H31N7O4/c31-14-13-23(25-18-34-22-7-3-4-8-24(22)35-25)33-16-6-2-1-5-15-32-19-9-10-20-21(17-19)30(41)37(29(20)40)26-11-12-27(38)36-28(26)39/h3-4,7-10,13-14,17-18,26,32H,1-2,5-6,11-12,15-16,31H2,(H,36,38,39). The summed E-state index contributed by atoms with van der Waals surface area (Å²) in [5, 5.41) is 5.51. The van der Waals surface area contributed by atoms with Crippen molar-refractivity contribution in [3.8, 4) is 0 Å². The monoisotopic (exact) mass is 553 g/mol. The normalized spacial score (nSPS) is 17.4. The Hall–Kier alpha value is -4.93. The molecular weight excluding hydrogens is 522 g/mol. The maximum Gasteiger partial charge on any atom is 0.262 e. The van der Waals surface area contributed by atoms with Gasteiger partial charge in [-0.2, -0.15) is 0 Å². The van der Waals surface area contributed by atoms with Crippen molar-refractivity contribution in [3.05, 3.63) is 77.8 Å². The highest BCUT2D eigenvalue weighted by atomic mass is 16.2. The van der Waals surface area contributed by atoms with Crippen LogP contribution in [-0.4, -0.2) is 63.3 Å². The Labute approximate surface area is 236 Å². The van der Waals surface area contributed by atoms with Gasteiger partial charge in [-0.05, 0) is 61.9 Å². The number of hydrogen-bond donors (Lipinski definition) is 3. The molecule has 0 spiro atoms. The van der Waals surface area contributed by atoms with Crippen molar-refractivity contribution in [3.63, 3.8) is 0 Å². The van der Waals surface area contributed by atoms with Crippen molar-refractivity contribution < 1.29 is 19.2 Å². The van der Waals surface area contributed by atoms with Gasteiger partial charge in [0, 0.05) is 25.2 Å². The zero-order valence-electron chi connectivity index (χ0n) is 22.5. The van der Waals surface area contributed by atoms with Gasteiger partial charge < -0.3 is 11.1 Å². The van der Waals surface area contributed by atoms with E-state index in [1.165, 1.54) is 6.20 Å². The topological polar surface area (TPSA) is 160 Å². The highest BCUT2D eigenvalue weighted by Gasteiger charge is 2.44. The minimum atomic E-state index is -0.969. The number of carbonyl (C=O) groups is 4. The number of unbranched alkanes of at least 4 members (excludes halogenated alkanes) is 3. The largest absolute Gasteiger partial charge is 0.405 e. The van der Waals surface area contributed by atoms with E-state index in [0.717, 1.165) is 47.3 Å². The van der Waals surface area contributed by atoms with E-state index >= 15 is 0 Å². The number of hydrogen-bond acceptors (Lipinski definition) is 9. The zero-order chi connectivity index (χ0) is 28.8. The van der Waals surface area contributed by atoms with E-state index in [-0.39, 0.29) is 24.0 Å². The van der Waals surface area contributed by atoms with Gasteiger partial charge in [-0.3, -0.25) is 39.4 Å². The molecule has 0 bridgehead atoms. The molecule has 41 heavy (non-hydrogen) atoms. The number of para-hydroxylation sites is 2. The molecule has 2 aromatic carbocycles. The quantitative estimate of drug-likeness (QED) is 0.186. The Bertz CT molecular complexity index is 1570. The molecule has 1 atom stereocenters. The lowest BCUT2D eigenvalue weighted by Crippen LogP contribution is -2.54. The number of aliphatic imine (C=N–C) groups is 1. The van der Waals surface area contributed by atoms with E-state index in [4.69, 9.17) is 5.73 Å². The molecule has 2 aliphatic rings. The summed E-state index contributed by atoms with van der Waals surface area (Å²) in [6, 6.07) is 11.7. The summed E-state index contributed by atoms with van der Waals surface area (Å²) in [7, 11) is 0. The maximum atomic E-state index is 13.0. The molecule has 1 saturated heterocycles. The predicted octanol–water partition coefficient (Wildman–Crippen LogP) is 2.97. The van der Waals surface area contributed by atoms with Crippen LogP contribution in [0.2, 0.25) is 0 Å². The summed E-state index contributed by atoms with van der Waals surface area (Å²) in [6.45, 7) is 1.35. The van der Waals surface area contributed by atoms with Gasteiger partial charge in [-0.25, -0.2) is 4.98 Å². The number of imide groups is 2. The van der Waals surface area contributed by atoms with E-state index in [1.807, 2.05) is 24.3 Å². The molecule has 11 nitrogen and oxygen atoms in total. The van der Waals surface area contributed by atoms with Gasteiger partial charge >= 0.3 is 0 Å². The molecule has 4 N–H and O–H groups in total. The Kier molecular flexibility index (Phi) is 8.42. The molecular formula is C30H31N7O4. The van der Waals surface area contributed by atoms with Crippen LogP contribution in [0.1, 0.15) is 64.9 Å². The molecule has 3 heterocycles. The number of nitrogens with one attached hydrogen (secondary N) is 2. The first-order chi connectivity index (χ1) is 20.0. The molecule has 5 rings (SSSR count). The fourth-order valence-electron chi connectivity index (χ4n) is 4.99. The Morgan fingerprint density at radius 1 is 1.02 bits per heavy atom. The van der Waals surface area contributed by atoms with Crippen LogP contribution in [0.25, 0.3) is 11.0 Å². The van der Waals surface area contributed by atoms with Gasteiger partial charge in [0.25, 0.3) is 11.8 Å². The number of benzene rings is 2. The Morgan fingerprint density at radius 3 is 2.61 bits per heavy atom. The van der Waals surface area contributed by atoms with E-state index in [1.54, 1.807) is 30.5 Å². The molecule has 0 radical (unpaired) electrons. The van der Waals surface area contributed by atoms with Crippen LogP contribution in [0, 0.1) is 0 Å². The average molecular weight is 554 g/mol. The smallest absolute Gasteiger partial charge is 0.262 e. The summed E-state index contributed by atoms with van der Waals surface area (Å²) in [5.41, 5.74) is 9.91. The molecule has 1 aromatic heterocycles. The Balaban J connectivity index is 1.08. The predicted molar refractivity (Wildman–Crippen MR) is 154 cm³/mol. The van der Waals surface area contributed by atoms with Crippen LogP contribution in [-0.2, 0) is 9.59 Å². The second kappa shape index (κ2) is 12.5. The van der Waals surface area contributed by atoms with E-state index in [9.17, 15) is 19.2 Å². The number of aromatic nitrogens is 2. The molecule has 0 aliphatic carbocycles. The first-order valence-corrected chi connectivity index (χ1v) is 13.7. The van der Waals surface area contributed by atoms with Crippen molar-refractivity contribution in [2.45, 2.75) is 44.6 Å². The highest BCUT2D eigenvalue weighted by molar-refractivity contribution is 6.23. The molecule has 0 saturated carbocycles. The van der Waals surface area contributed by atoms with Crippen molar-refractivity contribution in [2.24, 2.45) is 10.7 Å². The molecule has 3 aromatic rings. The second-order valence-electron chi connectivity index (χ2n) is 9.92. The van der Waals surface area contributed by atoms with Crippen LogP contribution in [0.15, 0.2) is 65.9 Å². The van der Waals surface area contributed by atoms with Crippen LogP contribution in [0.3, 0.4) is 0 Å². The van der Waals surface area contributed by atoms with Gasteiger partial charge in [0.15, 0.2) is 0 Å². The van der Waals surface area contributed by atoms with Gasteiger partial charge in [0.2, 0.25) is 11.8 Å². The molecule has 1 unspecified atom stereocenters. The number of anilines is 1. The third kappa shape index (κ3) is 6.13. The maximum absolute atomic E-state index is 13.0. The number of nitrogens with two attached hydrogens (primary N) is 1. The van der Waals surface area contributed by atoms with E-state index in [0.29, 0.717) is 24.5 Å². The van der Waals surface area contributed by atoms with Crippen LogP contribution < -0.4 is 16.4 Å². The van der Waals surface area contributed by atoms with Crippen LogP contribution >= 0.6 is 0 Å². The van der Waals surface area contributed by atoms with Crippen molar-refractivity contribution in [1.82, 2.24) is 20.2 Å². The summed E-state index contributed by atoms with van der Waals surface area (Å²) < 4.78 is 0. The number of amides is 4. The molecule has 1 fully saturated rings. The zero-order valence-corrected chi connectivity index (χ0v) is 22.5. The van der Waals surface area contributed by atoms with Gasteiger partial charge in [0.1, 0.15) is 11.7 Å². The second-order valence-corrected chi connectivity index (χ2v) is 9.92. The number of nitrogens with zero attached hydrogens (tertiary/aromatic N) is 4. The summed E-state index contributed by atoms with van der Waals surface area (Å²) in [5.74, 6) is -2.03. The number of allylic oxidation sites excluding steroid dienone is 1. The van der Waals surface area contributed by atoms with Crippen molar-refractivity contribution in [2.75, 3.05) is 18.4 Å². The highest BCUT2D eigenvalue weighted by Crippen LogP contribution is 2.29. The van der Waals surface area contributed by atoms with E-state index < -0.39 is 29.7 Å². The molecule has 2 aliphatic heterocycles. The minimum absolute atomic E-state index is 0.0913.